The molecule has 0 bridgehead atoms. The number of anilines is 1. The topological polar surface area (TPSA) is 137 Å². The molecule has 1 fully saturated rings. The molecule has 1 aromatic carbocycles. The van der Waals surface area contributed by atoms with Crippen molar-refractivity contribution >= 4 is 44.1 Å². The molecule has 0 aliphatic carbocycles. The van der Waals surface area contributed by atoms with Crippen molar-refractivity contribution in [3.8, 4) is 0 Å². The van der Waals surface area contributed by atoms with Gasteiger partial charge in [0.15, 0.2) is 0 Å². The van der Waals surface area contributed by atoms with Gasteiger partial charge in [0.05, 0.1) is 22.6 Å². The van der Waals surface area contributed by atoms with E-state index >= 15 is 0 Å². The third-order valence-electron chi connectivity index (χ3n) is 6.53. The number of carbonyl (C=O) groups is 3. The highest BCUT2D eigenvalue weighted by molar-refractivity contribution is 7.89. The Labute approximate surface area is 226 Å². The quantitative estimate of drug-likeness (QED) is 0.440. The molecule has 0 unspecified atom stereocenters. The van der Waals surface area contributed by atoms with Crippen LogP contribution in [0.4, 0.5) is 5.00 Å². The van der Waals surface area contributed by atoms with E-state index in [4.69, 9.17) is 4.74 Å². The highest BCUT2D eigenvalue weighted by Crippen LogP contribution is 2.37. The maximum Gasteiger partial charge on any atom is 0.272 e. The van der Waals surface area contributed by atoms with Crippen LogP contribution in [-0.2, 0) is 32.5 Å². The van der Waals surface area contributed by atoms with E-state index in [1.165, 1.54) is 46.8 Å². The average molecular weight is 564 g/mol. The molecule has 38 heavy (non-hydrogen) atoms. The van der Waals surface area contributed by atoms with Gasteiger partial charge in [-0.1, -0.05) is 6.92 Å². The fraction of sp³-hybridized carbons (Fsp3) is 0.480. The number of hydrogen-bond acceptors (Lipinski definition) is 8. The Morgan fingerprint density at radius 2 is 1.82 bits per heavy atom. The van der Waals surface area contributed by atoms with E-state index in [2.05, 4.69) is 28.0 Å². The van der Waals surface area contributed by atoms with Gasteiger partial charge in [0.25, 0.3) is 11.8 Å². The fourth-order valence-electron chi connectivity index (χ4n) is 4.60. The van der Waals surface area contributed by atoms with Crippen LogP contribution in [-0.4, -0.2) is 67.3 Å². The Balaban J connectivity index is 1.57. The molecule has 2 aliphatic rings. The zero-order valence-corrected chi connectivity index (χ0v) is 23.6. The highest BCUT2D eigenvalue weighted by atomic mass is 32.2. The molecule has 206 valence electrons. The molecule has 2 aromatic rings. The number of thiophene rings is 1. The number of rotatable bonds is 7. The average Bonchev–Trinajstić information content (AvgIpc) is 3.41. The zero-order valence-electron chi connectivity index (χ0n) is 21.9. The molecule has 3 N–H and O–H groups in total. The second-order valence-electron chi connectivity index (χ2n) is 9.99. The first-order valence-corrected chi connectivity index (χ1v) is 14.7. The third-order valence-corrected chi connectivity index (χ3v) is 9.71. The summed E-state index contributed by atoms with van der Waals surface area (Å²) in [5.74, 6) is -1.40. The first-order valence-electron chi connectivity index (χ1n) is 12.4. The minimum atomic E-state index is -3.80. The van der Waals surface area contributed by atoms with Gasteiger partial charge >= 0.3 is 0 Å². The molecule has 3 heterocycles. The standard InChI is InChI=1S/C25H33N5O6S2/c1-5-11-29-12-10-19-20(13-29)37-24(21(19)23(33)28-27-16(2)31)26-22(32)17-6-8-18(9-7-17)38(34,35)30-15-36-14-25(30,3)4/h6-9H,5,10-15H2,1-4H3,(H,26,32)(H,27,31)(H,28,33). The van der Waals surface area contributed by atoms with Crippen molar-refractivity contribution in [1.29, 1.82) is 0 Å². The van der Waals surface area contributed by atoms with Crippen molar-refractivity contribution < 1.29 is 27.5 Å². The van der Waals surface area contributed by atoms with Gasteiger partial charge < -0.3 is 10.1 Å². The summed E-state index contributed by atoms with van der Waals surface area (Å²) in [5, 5.41) is 3.22. The number of nitrogens with zero attached hydrogens (tertiary/aromatic N) is 2. The molecule has 0 radical (unpaired) electrons. The van der Waals surface area contributed by atoms with Crippen LogP contribution in [0.15, 0.2) is 29.2 Å². The molecule has 4 rings (SSSR count). The van der Waals surface area contributed by atoms with Crippen molar-refractivity contribution in [3.05, 3.63) is 45.8 Å². The van der Waals surface area contributed by atoms with Gasteiger partial charge in [-0.3, -0.25) is 30.1 Å². The molecule has 0 spiro atoms. The Bertz CT molecular complexity index is 1340. The fourth-order valence-corrected chi connectivity index (χ4v) is 7.53. The summed E-state index contributed by atoms with van der Waals surface area (Å²) < 4.78 is 32.9. The number of benzene rings is 1. The number of sulfonamides is 1. The number of nitrogens with one attached hydrogen (secondary N) is 3. The first-order chi connectivity index (χ1) is 17.9. The Kier molecular flexibility index (Phi) is 8.23. The predicted octanol–water partition coefficient (Wildman–Crippen LogP) is 2.31. The van der Waals surface area contributed by atoms with Crippen LogP contribution in [0.5, 0.6) is 0 Å². The van der Waals surface area contributed by atoms with Crippen molar-refractivity contribution in [1.82, 2.24) is 20.1 Å². The minimum absolute atomic E-state index is 0.0281. The van der Waals surface area contributed by atoms with Gasteiger partial charge in [-0.15, -0.1) is 11.3 Å². The third kappa shape index (κ3) is 5.76. The Hall–Kier alpha value is -2.84. The predicted molar refractivity (Wildman–Crippen MR) is 143 cm³/mol. The normalized spacial score (nSPS) is 17.6. The molecule has 11 nitrogen and oxygen atoms in total. The summed E-state index contributed by atoms with van der Waals surface area (Å²) in [7, 11) is -3.80. The summed E-state index contributed by atoms with van der Waals surface area (Å²) in [5.41, 5.74) is 5.47. The molecule has 2 aliphatic heterocycles. The molecule has 0 saturated carbocycles. The molecule has 0 atom stereocenters. The first kappa shape index (κ1) is 28.2. The van der Waals surface area contributed by atoms with Gasteiger partial charge in [0.2, 0.25) is 15.9 Å². The van der Waals surface area contributed by atoms with Gasteiger partial charge in [-0.2, -0.15) is 4.31 Å². The van der Waals surface area contributed by atoms with Crippen molar-refractivity contribution in [2.45, 2.75) is 57.5 Å². The van der Waals surface area contributed by atoms with Crippen molar-refractivity contribution in [2.75, 3.05) is 31.7 Å². The number of carbonyl (C=O) groups excluding carboxylic acids is 3. The lowest BCUT2D eigenvalue weighted by atomic mass is 10.0. The molecule has 1 aromatic heterocycles. The zero-order chi connectivity index (χ0) is 27.7. The van der Waals surface area contributed by atoms with Crippen molar-refractivity contribution in [2.24, 2.45) is 0 Å². The van der Waals surface area contributed by atoms with E-state index < -0.39 is 33.3 Å². The van der Waals surface area contributed by atoms with E-state index in [0.717, 1.165) is 30.0 Å². The van der Waals surface area contributed by atoms with Crippen molar-refractivity contribution in [3.63, 3.8) is 0 Å². The van der Waals surface area contributed by atoms with Crippen LogP contribution in [0, 0.1) is 0 Å². The number of ether oxygens (including phenoxy) is 1. The maximum atomic E-state index is 13.2. The number of hydrazine groups is 1. The monoisotopic (exact) mass is 563 g/mol. The molecular weight excluding hydrogens is 530 g/mol. The Morgan fingerprint density at radius 1 is 1.11 bits per heavy atom. The lowest BCUT2D eigenvalue weighted by Gasteiger charge is -2.28. The van der Waals surface area contributed by atoms with Crippen LogP contribution >= 0.6 is 11.3 Å². The smallest absolute Gasteiger partial charge is 0.272 e. The van der Waals surface area contributed by atoms with Crippen LogP contribution in [0.25, 0.3) is 0 Å². The van der Waals surface area contributed by atoms with Crippen LogP contribution in [0.3, 0.4) is 0 Å². The SMILES string of the molecule is CCCN1CCc2c(sc(NC(=O)c3ccc(S(=O)(=O)N4COCC4(C)C)cc3)c2C(=O)NNC(C)=O)C1. The van der Waals surface area contributed by atoms with Crippen LogP contribution in [0.1, 0.15) is 65.3 Å². The van der Waals surface area contributed by atoms with Crippen LogP contribution < -0.4 is 16.2 Å². The molecular formula is C25H33N5O6S2. The lowest BCUT2D eigenvalue weighted by molar-refractivity contribution is -0.119. The van der Waals surface area contributed by atoms with E-state index in [0.29, 0.717) is 30.1 Å². The van der Waals surface area contributed by atoms with E-state index in [1.54, 1.807) is 13.8 Å². The summed E-state index contributed by atoms with van der Waals surface area (Å²) in [6.07, 6.45) is 1.65. The molecule has 1 saturated heterocycles. The van der Waals surface area contributed by atoms with Gasteiger partial charge in [-0.25, -0.2) is 8.42 Å². The number of fused-ring (bicyclic) bond motifs is 1. The second kappa shape index (κ2) is 11.1. The summed E-state index contributed by atoms with van der Waals surface area (Å²) >= 11 is 1.34. The summed E-state index contributed by atoms with van der Waals surface area (Å²) in [4.78, 5) is 40.8. The maximum absolute atomic E-state index is 13.2. The summed E-state index contributed by atoms with van der Waals surface area (Å²) in [6.45, 7) is 9.65. The van der Waals surface area contributed by atoms with Gasteiger partial charge in [0.1, 0.15) is 11.7 Å². The number of hydrogen-bond donors (Lipinski definition) is 3. The van der Waals surface area contributed by atoms with Crippen LogP contribution in [0.2, 0.25) is 0 Å². The number of amides is 3. The lowest BCUT2D eigenvalue weighted by Crippen LogP contribution is -2.44. The van der Waals surface area contributed by atoms with Gasteiger partial charge in [-0.05, 0) is 63.1 Å². The Morgan fingerprint density at radius 3 is 2.42 bits per heavy atom. The molecule has 13 heteroatoms. The van der Waals surface area contributed by atoms with E-state index in [9.17, 15) is 22.8 Å². The minimum Gasteiger partial charge on any atom is -0.363 e. The summed E-state index contributed by atoms with van der Waals surface area (Å²) in [6, 6.07) is 5.68. The highest BCUT2D eigenvalue weighted by Gasteiger charge is 2.42. The van der Waals surface area contributed by atoms with E-state index in [-0.39, 0.29) is 17.2 Å². The largest absolute Gasteiger partial charge is 0.363 e. The van der Waals surface area contributed by atoms with Gasteiger partial charge in [0, 0.05) is 30.5 Å². The molecule has 3 amide bonds. The van der Waals surface area contributed by atoms with E-state index in [1.807, 2.05) is 0 Å². The second-order valence-corrected chi connectivity index (χ2v) is 13.0.